The van der Waals surface area contributed by atoms with Gasteiger partial charge in [-0.25, -0.2) is 0 Å². The number of hydrogen-bond acceptors (Lipinski definition) is 4. The van der Waals surface area contributed by atoms with E-state index in [1.807, 2.05) is 6.92 Å². The molecule has 0 bridgehead atoms. The Bertz CT molecular complexity index is 703. The number of hydrogen-bond donors (Lipinski definition) is 1. The first kappa shape index (κ1) is 19.9. The van der Waals surface area contributed by atoms with E-state index in [-0.39, 0.29) is 30.5 Å². The molecule has 0 aromatic heterocycles. The molecular formula is C22H32N2O3. The Balaban J connectivity index is 1.67. The molecule has 1 saturated carbocycles. The molecule has 1 aliphatic heterocycles. The van der Waals surface area contributed by atoms with Crippen molar-refractivity contribution in [3.05, 3.63) is 34.9 Å². The lowest BCUT2D eigenvalue weighted by Crippen LogP contribution is -2.48. The lowest BCUT2D eigenvalue weighted by molar-refractivity contribution is -0.146. The smallest absolute Gasteiger partial charge is 0.323 e. The molecule has 1 heterocycles. The van der Waals surface area contributed by atoms with Crippen LogP contribution in [0.3, 0.4) is 0 Å². The van der Waals surface area contributed by atoms with E-state index in [1.54, 1.807) is 0 Å². The van der Waals surface area contributed by atoms with Gasteiger partial charge in [0, 0.05) is 6.04 Å². The zero-order valence-electron chi connectivity index (χ0n) is 17.0. The molecule has 0 radical (unpaired) electrons. The van der Waals surface area contributed by atoms with Crippen LogP contribution < -0.4 is 5.32 Å². The summed E-state index contributed by atoms with van der Waals surface area (Å²) < 4.78 is 5.01. The molecular weight excluding hydrogens is 340 g/mol. The monoisotopic (exact) mass is 372 g/mol. The fraction of sp³-hybridized carbons (Fsp3) is 0.636. The minimum absolute atomic E-state index is 0.0270. The molecule has 4 unspecified atom stereocenters. The van der Waals surface area contributed by atoms with E-state index in [4.69, 9.17) is 4.74 Å². The van der Waals surface area contributed by atoms with Gasteiger partial charge in [0.05, 0.1) is 19.7 Å². The molecule has 148 valence electrons. The SMILES string of the molecule is COC(=O)C1CC2CCCCC2N1CC(=O)NC(C)c1ccc(C)c(C)c1. The topological polar surface area (TPSA) is 58.6 Å². The minimum Gasteiger partial charge on any atom is -0.468 e. The van der Waals surface area contributed by atoms with Crippen LogP contribution in [0.15, 0.2) is 18.2 Å². The predicted molar refractivity (Wildman–Crippen MR) is 105 cm³/mol. The molecule has 2 aliphatic rings. The first-order valence-corrected chi connectivity index (χ1v) is 10.1. The van der Waals surface area contributed by atoms with Crippen molar-refractivity contribution >= 4 is 11.9 Å². The van der Waals surface area contributed by atoms with Crippen molar-refractivity contribution in [3.8, 4) is 0 Å². The number of likely N-dealkylation sites (tertiary alicyclic amines) is 1. The molecule has 3 rings (SSSR count). The molecule has 5 heteroatoms. The van der Waals surface area contributed by atoms with E-state index in [0.717, 1.165) is 24.8 Å². The summed E-state index contributed by atoms with van der Waals surface area (Å²) >= 11 is 0. The van der Waals surface area contributed by atoms with E-state index >= 15 is 0 Å². The van der Waals surface area contributed by atoms with Crippen LogP contribution in [0, 0.1) is 19.8 Å². The number of esters is 1. The van der Waals surface area contributed by atoms with Crippen LogP contribution in [0.5, 0.6) is 0 Å². The van der Waals surface area contributed by atoms with Crippen LogP contribution in [-0.2, 0) is 14.3 Å². The number of carbonyl (C=O) groups is 2. The molecule has 1 amide bonds. The van der Waals surface area contributed by atoms with Crippen LogP contribution in [0.2, 0.25) is 0 Å². The number of amides is 1. The Morgan fingerprint density at radius 2 is 1.96 bits per heavy atom. The Hall–Kier alpha value is -1.88. The van der Waals surface area contributed by atoms with E-state index in [0.29, 0.717) is 12.0 Å². The molecule has 1 aromatic rings. The second-order valence-corrected chi connectivity index (χ2v) is 8.19. The molecule has 2 fully saturated rings. The molecule has 1 saturated heterocycles. The highest BCUT2D eigenvalue weighted by Crippen LogP contribution is 2.39. The second-order valence-electron chi connectivity index (χ2n) is 8.19. The van der Waals surface area contributed by atoms with E-state index < -0.39 is 0 Å². The van der Waals surface area contributed by atoms with Crippen LogP contribution in [-0.4, -0.2) is 42.5 Å². The summed E-state index contributed by atoms with van der Waals surface area (Å²) in [6, 6.07) is 6.27. The van der Waals surface area contributed by atoms with Gasteiger partial charge in [0.2, 0.25) is 5.91 Å². The Labute approximate surface area is 162 Å². The van der Waals surface area contributed by atoms with Crippen molar-refractivity contribution in [2.75, 3.05) is 13.7 Å². The average molecular weight is 373 g/mol. The molecule has 4 atom stereocenters. The number of nitrogens with one attached hydrogen (secondary N) is 1. The summed E-state index contributed by atoms with van der Waals surface area (Å²) in [5.41, 5.74) is 3.58. The Morgan fingerprint density at radius 1 is 1.22 bits per heavy atom. The standard InChI is InChI=1S/C22H32N2O3/c1-14-9-10-17(11-15(14)2)16(3)23-21(25)13-24-19-8-6-5-7-18(19)12-20(24)22(26)27-4/h9-11,16,18-20H,5-8,12-13H2,1-4H3,(H,23,25). The van der Waals surface area contributed by atoms with Crippen LogP contribution in [0.1, 0.15) is 61.8 Å². The number of nitrogens with zero attached hydrogens (tertiary/aromatic N) is 1. The van der Waals surface area contributed by atoms with Gasteiger partial charge in [-0.15, -0.1) is 0 Å². The maximum atomic E-state index is 12.8. The average Bonchev–Trinajstić information content (AvgIpc) is 3.01. The first-order chi connectivity index (χ1) is 12.9. The fourth-order valence-electron chi connectivity index (χ4n) is 4.72. The summed E-state index contributed by atoms with van der Waals surface area (Å²) in [4.78, 5) is 27.1. The first-order valence-electron chi connectivity index (χ1n) is 10.1. The van der Waals surface area contributed by atoms with Crippen molar-refractivity contribution < 1.29 is 14.3 Å². The summed E-state index contributed by atoms with van der Waals surface area (Å²) in [5.74, 6) is 0.271. The lowest BCUT2D eigenvalue weighted by Gasteiger charge is -2.33. The number of benzene rings is 1. The van der Waals surface area contributed by atoms with E-state index in [2.05, 4.69) is 42.3 Å². The lowest BCUT2D eigenvalue weighted by atomic mass is 9.85. The molecule has 0 spiro atoms. The zero-order valence-corrected chi connectivity index (χ0v) is 17.0. The summed E-state index contributed by atoms with van der Waals surface area (Å²) in [7, 11) is 1.43. The Kier molecular flexibility index (Phi) is 6.20. The largest absolute Gasteiger partial charge is 0.468 e. The highest BCUT2D eigenvalue weighted by atomic mass is 16.5. The van der Waals surface area contributed by atoms with Crippen LogP contribution in [0.4, 0.5) is 0 Å². The van der Waals surface area contributed by atoms with Crippen molar-refractivity contribution in [1.29, 1.82) is 0 Å². The maximum absolute atomic E-state index is 12.8. The van der Waals surface area contributed by atoms with Crippen LogP contribution >= 0.6 is 0 Å². The van der Waals surface area contributed by atoms with Crippen molar-refractivity contribution in [1.82, 2.24) is 10.2 Å². The summed E-state index contributed by atoms with van der Waals surface area (Å²) in [6.07, 6.45) is 5.43. The Morgan fingerprint density at radius 3 is 2.67 bits per heavy atom. The summed E-state index contributed by atoms with van der Waals surface area (Å²) in [6.45, 7) is 6.44. The minimum atomic E-state index is -0.286. The normalized spacial score (nSPS) is 26.3. The number of methoxy groups -OCH3 is 1. The maximum Gasteiger partial charge on any atom is 0.323 e. The molecule has 1 N–H and O–H groups in total. The predicted octanol–water partition coefficient (Wildman–Crippen LogP) is 3.29. The number of fused-ring (bicyclic) bond motifs is 1. The van der Waals surface area contributed by atoms with Gasteiger partial charge in [-0.1, -0.05) is 31.0 Å². The number of rotatable bonds is 5. The van der Waals surface area contributed by atoms with E-state index in [9.17, 15) is 9.59 Å². The molecule has 1 aliphatic carbocycles. The van der Waals surface area contributed by atoms with Crippen LogP contribution in [0.25, 0.3) is 0 Å². The zero-order chi connectivity index (χ0) is 19.6. The van der Waals surface area contributed by atoms with Gasteiger partial charge in [-0.05, 0) is 62.6 Å². The molecule has 1 aromatic carbocycles. The van der Waals surface area contributed by atoms with Gasteiger partial charge in [0.25, 0.3) is 0 Å². The molecule has 27 heavy (non-hydrogen) atoms. The van der Waals surface area contributed by atoms with Crippen molar-refractivity contribution in [2.45, 2.75) is 71.0 Å². The second kappa shape index (κ2) is 8.42. The highest BCUT2D eigenvalue weighted by molar-refractivity contribution is 5.81. The third kappa shape index (κ3) is 4.34. The van der Waals surface area contributed by atoms with Gasteiger partial charge in [0.1, 0.15) is 6.04 Å². The van der Waals surface area contributed by atoms with Gasteiger partial charge in [0.15, 0.2) is 0 Å². The van der Waals surface area contributed by atoms with Gasteiger partial charge in [-0.3, -0.25) is 14.5 Å². The van der Waals surface area contributed by atoms with Crippen molar-refractivity contribution in [2.24, 2.45) is 5.92 Å². The number of aryl methyl sites for hydroxylation is 2. The highest BCUT2D eigenvalue weighted by Gasteiger charge is 2.46. The third-order valence-corrected chi connectivity index (χ3v) is 6.43. The van der Waals surface area contributed by atoms with E-state index in [1.165, 1.54) is 31.1 Å². The number of carbonyl (C=O) groups excluding carboxylic acids is 2. The molecule has 5 nitrogen and oxygen atoms in total. The van der Waals surface area contributed by atoms with Gasteiger partial charge < -0.3 is 10.1 Å². The van der Waals surface area contributed by atoms with Gasteiger partial charge in [-0.2, -0.15) is 0 Å². The fourth-order valence-corrected chi connectivity index (χ4v) is 4.72. The van der Waals surface area contributed by atoms with Crippen molar-refractivity contribution in [3.63, 3.8) is 0 Å². The van der Waals surface area contributed by atoms with Gasteiger partial charge >= 0.3 is 5.97 Å². The third-order valence-electron chi connectivity index (χ3n) is 6.43. The quantitative estimate of drug-likeness (QED) is 0.806. The summed E-state index contributed by atoms with van der Waals surface area (Å²) in [5, 5.41) is 3.11. The number of ether oxygens (including phenoxy) is 1.